The zero-order valence-corrected chi connectivity index (χ0v) is 13.6. The molecule has 1 aromatic carbocycles. The van der Waals surface area contributed by atoms with Gasteiger partial charge in [-0.15, -0.1) is 0 Å². The summed E-state index contributed by atoms with van der Waals surface area (Å²) in [4.78, 5) is 12.0. The van der Waals surface area contributed by atoms with Crippen molar-refractivity contribution in [2.45, 2.75) is 51.1 Å². The van der Waals surface area contributed by atoms with E-state index < -0.39 is 0 Å². The third kappa shape index (κ3) is 4.60. The van der Waals surface area contributed by atoms with E-state index in [4.69, 9.17) is 0 Å². The number of amides is 1. The molecule has 3 nitrogen and oxygen atoms in total. The van der Waals surface area contributed by atoms with E-state index in [1.807, 2.05) is 31.2 Å². The number of hydrogen-bond acceptors (Lipinski definition) is 2. The number of piperidine rings is 1. The number of carbonyl (C=O) groups excluding carboxylic acids is 1. The van der Waals surface area contributed by atoms with E-state index in [-0.39, 0.29) is 11.9 Å². The molecule has 0 saturated carbocycles. The van der Waals surface area contributed by atoms with Gasteiger partial charge >= 0.3 is 0 Å². The average molecular weight is 339 g/mol. The Labute approximate surface area is 129 Å². The Morgan fingerprint density at radius 3 is 2.95 bits per heavy atom. The third-order valence-corrected chi connectivity index (χ3v) is 4.60. The number of nitrogens with one attached hydrogen (secondary N) is 2. The zero-order chi connectivity index (χ0) is 14.4. The Kier molecular flexibility index (Phi) is 6.05. The van der Waals surface area contributed by atoms with Gasteiger partial charge in [-0.3, -0.25) is 4.79 Å². The van der Waals surface area contributed by atoms with E-state index in [2.05, 4.69) is 26.6 Å². The standard InChI is InChI=1S/C16H23BrN2O/c1-12(14-7-2-3-8-15(14)17)19-16(20)10-9-13-6-4-5-11-18-13/h2-3,7-8,12-13,18H,4-6,9-11H2,1H3,(H,19,20)/t12-,13?/m0/s1. The van der Waals surface area contributed by atoms with E-state index in [0.29, 0.717) is 12.5 Å². The molecular formula is C16H23BrN2O. The number of halogens is 1. The second-order valence-corrected chi connectivity index (χ2v) is 6.35. The maximum absolute atomic E-state index is 12.0. The Balaban J connectivity index is 1.77. The maximum atomic E-state index is 12.0. The SMILES string of the molecule is C[C@H](NC(=O)CCC1CCCCN1)c1ccccc1Br. The van der Waals surface area contributed by atoms with Crippen LogP contribution >= 0.6 is 15.9 Å². The van der Waals surface area contributed by atoms with Gasteiger partial charge in [0, 0.05) is 16.9 Å². The largest absolute Gasteiger partial charge is 0.350 e. The van der Waals surface area contributed by atoms with Crippen LogP contribution in [0.25, 0.3) is 0 Å². The fraction of sp³-hybridized carbons (Fsp3) is 0.562. The minimum absolute atomic E-state index is 0.0393. The second-order valence-electron chi connectivity index (χ2n) is 5.50. The molecule has 110 valence electrons. The Morgan fingerprint density at radius 1 is 1.45 bits per heavy atom. The molecule has 20 heavy (non-hydrogen) atoms. The zero-order valence-electron chi connectivity index (χ0n) is 12.0. The van der Waals surface area contributed by atoms with Crippen LogP contribution in [0, 0.1) is 0 Å². The van der Waals surface area contributed by atoms with Crippen molar-refractivity contribution in [3.8, 4) is 0 Å². The first-order valence-corrected chi connectivity index (χ1v) is 8.23. The Bertz CT molecular complexity index is 444. The minimum atomic E-state index is 0.0393. The van der Waals surface area contributed by atoms with Crippen molar-refractivity contribution in [3.05, 3.63) is 34.3 Å². The molecule has 2 atom stereocenters. The summed E-state index contributed by atoms with van der Waals surface area (Å²) in [5.74, 6) is 0.139. The summed E-state index contributed by atoms with van der Waals surface area (Å²) in [6.45, 7) is 3.12. The summed E-state index contributed by atoms with van der Waals surface area (Å²) < 4.78 is 1.04. The van der Waals surface area contributed by atoms with Crippen molar-refractivity contribution in [3.63, 3.8) is 0 Å². The van der Waals surface area contributed by atoms with Gasteiger partial charge in [-0.05, 0) is 44.4 Å². The van der Waals surface area contributed by atoms with Crippen LogP contribution in [0.2, 0.25) is 0 Å². The van der Waals surface area contributed by atoms with Crippen LogP contribution in [0.5, 0.6) is 0 Å². The summed E-state index contributed by atoms with van der Waals surface area (Å²) in [7, 11) is 0. The van der Waals surface area contributed by atoms with Crippen LogP contribution in [0.1, 0.15) is 50.6 Å². The van der Waals surface area contributed by atoms with Crippen molar-refractivity contribution >= 4 is 21.8 Å². The molecule has 1 aromatic rings. The molecule has 1 aliphatic heterocycles. The molecule has 0 bridgehead atoms. The summed E-state index contributed by atoms with van der Waals surface area (Å²) >= 11 is 3.53. The molecule has 1 fully saturated rings. The highest BCUT2D eigenvalue weighted by Crippen LogP contribution is 2.22. The van der Waals surface area contributed by atoms with Gasteiger partial charge < -0.3 is 10.6 Å². The molecular weight excluding hydrogens is 316 g/mol. The quantitative estimate of drug-likeness (QED) is 0.861. The van der Waals surface area contributed by atoms with E-state index in [1.165, 1.54) is 19.3 Å². The first-order valence-electron chi connectivity index (χ1n) is 7.44. The lowest BCUT2D eigenvalue weighted by atomic mass is 10.0. The molecule has 0 aromatic heterocycles. The van der Waals surface area contributed by atoms with Crippen LogP contribution in [0.15, 0.2) is 28.7 Å². The van der Waals surface area contributed by atoms with Crippen molar-refractivity contribution in [2.24, 2.45) is 0 Å². The molecule has 0 radical (unpaired) electrons. The van der Waals surface area contributed by atoms with Crippen molar-refractivity contribution < 1.29 is 4.79 Å². The first-order chi connectivity index (χ1) is 9.66. The lowest BCUT2D eigenvalue weighted by molar-refractivity contribution is -0.122. The second kappa shape index (κ2) is 7.79. The lowest BCUT2D eigenvalue weighted by Gasteiger charge is -2.23. The molecule has 2 rings (SSSR count). The van der Waals surface area contributed by atoms with Crippen molar-refractivity contribution in [1.29, 1.82) is 0 Å². The predicted molar refractivity (Wildman–Crippen MR) is 85.6 cm³/mol. The molecule has 0 spiro atoms. The van der Waals surface area contributed by atoms with E-state index >= 15 is 0 Å². The topological polar surface area (TPSA) is 41.1 Å². The van der Waals surface area contributed by atoms with Crippen LogP contribution in [-0.4, -0.2) is 18.5 Å². The third-order valence-electron chi connectivity index (χ3n) is 3.88. The molecule has 1 heterocycles. The monoisotopic (exact) mass is 338 g/mol. The van der Waals surface area contributed by atoms with Crippen molar-refractivity contribution in [1.82, 2.24) is 10.6 Å². The van der Waals surface area contributed by atoms with Crippen LogP contribution in [0.3, 0.4) is 0 Å². The van der Waals surface area contributed by atoms with Gasteiger partial charge in [0.1, 0.15) is 0 Å². The predicted octanol–water partition coefficient (Wildman–Crippen LogP) is 3.55. The molecule has 4 heteroatoms. The number of carbonyl (C=O) groups is 1. The van der Waals surface area contributed by atoms with E-state index in [1.54, 1.807) is 0 Å². The summed E-state index contributed by atoms with van der Waals surface area (Å²) in [6.07, 6.45) is 5.29. The number of benzene rings is 1. The van der Waals surface area contributed by atoms with Crippen LogP contribution in [-0.2, 0) is 4.79 Å². The van der Waals surface area contributed by atoms with Gasteiger partial charge in [0.2, 0.25) is 5.91 Å². The van der Waals surface area contributed by atoms with E-state index in [9.17, 15) is 4.79 Å². The average Bonchev–Trinajstić information content (AvgIpc) is 2.46. The first kappa shape index (κ1) is 15.5. The molecule has 2 N–H and O–H groups in total. The molecule has 1 saturated heterocycles. The van der Waals surface area contributed by atoms with Gasteiger partial charge in [-0.2, -0.15) is 0 Å². The molecule has 1 aliphatic rings. The highest BCUT2D eigenvalue weighted by Gasteiger charge is 2.16. The van der Waals surface area contributed by atoms with Gasteiger partial charge in [0.15, 0.2) is 0 Å². The van der Waals surface area contributed by atoms with Crippen LogP contribution < -0.4 is 10.6 Å². The number of hydrogen-bond donors (Lipinski definition) is 2. The number of rotatable bonds is 5. The summed E-state index contributed by atoms with van der Waals surface area (Å²) in [6, 6.07) is 8.58. The fourth-order valence-corrected chi connectivity index (χ4v) is 3.32. The molecule has 1 unspecified atom stereocenters. The molecule has 1 amide bonds. The fourth-order valence-electron chi connectivity index (χ4n) is 2.69. The summed E-state index contributed by atoms with van der Waals surface area (Å²) in [5, 5.41) is 6.56. The maximum Gasteiger partial charge on any atom is 0.220 e. The van der Waals surface area contributed by atoms with Gasteiger partial charge in [-0.1, -0.05) is 40.5 Å². The van der Waals surface area contributed by atoms with Gasteiger partial charge in [0.05, 0.1) is 6.04 Å². The molecule has 0 aliphatic carbocycles. The minimum Gasteiger partial charge on any atom is -0.350 e. The van der Waals surface area contributed by atoms with E-state index in [0.717, 1.165) is 23.0 Å². The Morgan fingerprint density at radius 2 is 2.25 bits per heavy atom. The van der Waals surface area contributed by atoms with Gasteiger partial charge in [0.25, 0.3) is 0 Å². The Hall–Kier alpha value is -0.870. The van der Waals surface area contributed by atoms with Crippen molar-refractivity contribution in [2.75, 3.05) is 6.54 Å². The lowest BCUT2D eigenvalue weighted by Crippen LogP contribution is -2.35. The highest BCUT2D eigenvalue weighted by molar-refractivity contribution is 9.10. The smallest absolute Gasteiger partial charge is 0.220 e. The normalized spacial score (nSPS) is 20.4. The highest BCUT2D eigenvalue weighted by atomic mass is 79.9. The van der Waals surface area contributed by atoms with Crippen LogP contribution in [0.4, 0.5) is 0 Å². The van der Waals surface area contributed by atoms with Gasteiger partial charge in [-0.25, -0.2) is 0 Å². The summed E-state index contributed by atoms with van der Waals surface area (Å²) in [5.41, 5.74) is 1.12.